The molecule has 3 heterocycles. The molecule has 2 aliphatic rings. The largest absolute Gasteiger partial charge is 0.309 e. The number of likely N-dealkylation sites (tertiary alicyclic amines) is 1. The summed E-state index contributed by atoms with van der Waals surface area (Å²) in [6.07, 6.45) is 7.52. The van der Waals surface area contributed by atoms with Crippen LogP contribution in [-0.4, -0.2) is 40.4 Å². The molecule has 5 nitrogen and oxygen atoms in total. The third-order valence-electron chi connectivity index (χ3n) is 5.50. The lowest BCUT2D eigenvalue weighted by Gasteiger charge is -2.38. The zero-order valence-corrected chi connectivity index (χ0v) is 14.1. The Balaban J connectivity index is 1.39. The minimum atomic E-state index is -0.241. The van der Waals surface area contributed by atoms with Crippen molar-refractivity contribution < 1.29 is 9.18 Å². The monoisotopic (exact) mass is 340 g/mol. The molecular weight excluding hydrogens is 319 g/mol. The molecule has 2 fully saturated rings. The van der Waals surface area contributed by atoms with Crippen LogP contribution in [0.1, 0.15) is 24.8 Å². The molecule has 0 radical (unpaired) electrons. The van der Waals surface area contributed by atoms with E-state index < -0.39 is 0 Å². The van der Waals surface area contributed by atoms with Crippen LogP contribution in [0.5, 0.6) is 0 Å². The van der Waals surface area contributed by atoms with Gasteiger partial charge in [0.2, 0.25) is 5.91 Å². The summed E-state index contributed by atoms with van der Waals surface area (Å²) in [6.45, 7) is 3.33. The average molecular weight is 340 g/mol. The van der Waals surface area contributed by atoms with Gasteiger partial charge in [-0.3, -0.25) is 9.69 Å². The Kier molecular flexibility index (Phi) is 4.21. The van der Waals surface area contributed by atoms with E-state index in [0.717, 1.165) is 56.7 Å². The fraction of sp³-hybridized carbons (Fsp3) is 0.421. The Morgan fingerprint density at radius 1 is 1.00 bits per heavy atom. The van der Waals surface area contributed by atoms with E-state index in [4.69, 9.17) is 0 Å². The quantitative estimate of drug-likeness (QED) is 0.862. The molecule has 1 spiro atoms. The minimum absolute atomic E-state index is 0.206. The topological polar surface area (TPSA) is 49.3 Å². The number of carbonyl (C=O) groups excluding carboxylic acids is 1. The van der Waals surface area contributed by atoms with Crippen LogP contribution < -0.4 is 4.90 Å². The van der Waals surface area contributed by atoms with E-state index in [0.29, 0.717) is 0 Å². The summed E-state index contributed by atoms with van der Waals surface area (Å²) in [4.78, 5) is 25.2. The van der Waals surface area contributed by atoms with Gasteiger partial charge in [0.25, 0.3) is 0 Å². The molecule has 0 N–H and O–H groups in total. The Morgan fingerprint density at radius 3 is 2.32 bits per heavy atom. The second-order valence-electron chi connectivity index (χ2n) is 6.99. The predicted octanol–water partition coefficient (Wildman–Crippen LogP) is 2.63. The average Bonchev–Trinajstić information content (AvgIpc) is 2.96. The lowest BCUT2D eigenvalue weighted by Crippen LogP contribution is -2.44. The first-order valence-electron chi connectivity index (χ1n) is 8.70. The van der Waals surface area contributed by atoms with Crippen LogP contribution in [0.15, 0.2) is 43.0 Å². The van der Waals surface area contributed by atoms with Gasteiger partial charge in [-0.15, -0.1) is 0 Å². The number of benzene rings is 1. The van der Waals surface area contributed by atoms with Crippen LogP contribution in [0.4, 0.5) is 10.1 Å². The molecule has 1 aromatic heterocycles. The highest BCUT2D eigenvalue weighted by Crippen LogP contribution is 2.43. The number of piperidine rings is 1. The van der Waals surface area contributed by atoms with Gasteiger partial charge in [0, 0.05) is 13.1 Å². The minimum Gasteiger partial charge on any atom is -0.309 e. The van der Waals surface area contributed by atoms with Crippen molar-refractivity contribution in [2.45, 2.75) is 25.8 Å². The summed E-state index contributed by atoms with van der Waals surface area (Å²) in [7, 11) is 0. The molecule has 1 aromatic carbocycles. The lowest BCUT2D eigenvalue weighted by atomic mass is 9.77. The number of carbonyl (C=O) groups is 1. The summed E-state index contributed by atoms with van der Waals surface area (Å²) >= 11 is 0. The molecular formula is C19H21FN4O. The van der Waals surface area contributed by atoms with Crippen LogP contribution in [-0.2, 0) is 11.3 Å². The van der Waals surface area contributed by atoms with Crippen molar-refractivity contribution in [1.82, 2.24) is 14.9 Å². The molecule has 130 valence electrons. The second-order valence-corrected chi connectivity index (χ2v) is 6.99. The molecule has 0 atom stereocenters. The van der Waals surface area contributed by atoms with Crippen molar-refractivity contribution in [2.75, 3.05) is 24.5 Å². The lowest BCUT2D eigenvalue weighted by molar-refractivity contribution is -0.128. The molecule has 4 rings (SSSR count). The highest BCUT2D eigenvalue weighted by molar-refractivity contribution is 5.99. The van der Waals surface area contributed by atoms with Gasteiger partial charge in [-0.2, -0.15) is 0 Å². The zero-order valence-electron chi connectivity index (χ0n) is 14.1. The van der Waals surface area contributed by atoms with E-state index in [1.165, 1.54) is 18.5 Å². The standard InChI is InChI=1S/C19H21FN4O/c20-16-3-1-15(2-4-16)13-23-8-5-19(6-9-23)7-10-24(18(19)25)17-11-21-14-22-12-17/h1-4,11-12,14H,5-10,13H2. The third kappa shape index (κ3) is 3.14. The summed E-state index contributed by atoms with van der Waals surface area (Å²) in [6, 6.07) is 6.66. The SMILES string of the molecule is O=C1N(c2cncnc2)CCC12CCN(Cc1ccc(F)cc1)CC2. The van der Waals surface area contributed by atoms with Gasteiger partial charge in [-0.25, -0.2) is 14.4 Å². The van der Waals surface area contributed by atoms with Gasteiger partial charge < -0.3 is 4.90 Å². The maximum Gasteiger partial charge on any atom is 0.233 e. The van der Waals surface area contributed by atoms with Crippen LogP contribution >= 0.6 is 0 Å². The van der Waals surface area contributed by atoms with Crippen molar-refractivity contribution >= 4 is 11.6 Å². The summed E-state index contributed by atoms with van der Waals surface area (Å²) in [5.74, 6) is 0.00612. The first-order valence-corrected chi connectivity index (χ1v) is 8.70. The number of amides is 1. The van der Waals surface area contributed by atoms with Gasteiger partial charge in [-0.1, -0.05) is 12.1 Å². The Labute approximate surface area is 146 Å². The normalized spacial score (nSPS) is 20.4. The van der Waals surface area contributed by atoms with Crippen molar-refractivity contribution in [3.8, 4) is 0 Å². The third-order valence-corrected chi connectivity index (χ3v) is 5.50. The van der Waals surface area contributed by atoms with Crippen LogP contribution in [0.25, 0.3) is 0 Å². The maximum absolute atomic E-state index is 13.0. The zero-order chi connectivity index (χ0) is 17.3. The van der Waals surface area contributed by atoms with E-state index in [9.17, 15) is 9.18 Å². The number of halogens is 1. The highest BCUT2D eigenvalue weighted by Gasteiger charge is 2.48. The highest BCUT2D eigenvalue weighted by atomic mass is 19.1. The van der Waals surface area contributed by atoms with E-state index in [-0.39, 0.29) is 17.1 Å². The maximum atomic E-state index is 13.0. The Bertz CT molecular complexity index is 742. The molecule has 1 amide bonds. The van der Waals surface area contributed by atoms with Gasteiger partial charge >= 0.3 is 0 Å². The van der Waals surface area contributed by atoms with E-state index in [1.807, 2.05) is 17.0 Å². The molecule has 0 aliphatic carbocycles. The fourth-order valence-corrected chi connectivity index (χ4v) is 3.95. The summed E-state index contributed by atoms with van der Waals surface area (Å²) < 4.78 is 13.0. The van der Waals surface area contributed by atoms with Crippen LogP contribution in [0.3, 0.4) is 0 Å². The summed E-state index contributed by atoms with van der Waals surface area (Å²) in [5.41, 5.74) is 1.66. The number of anilines is 1. The van der Waals surface area contributed by atoms with Gasteiger partial charge in [0.05, 0.1) is 23.5 Å². The molecule has 2 aliphatic heterocycles. The number of hydrogen-bond donors (Lipinski definition) is 0. The van der Waals surface area contributed by atoms with Gasteiger partial charge in [0.15, 0.2) is 0 Å². The van der Waals surface area contributed by atoms with E-state index in [2.05, 4.69) is 14.9 Å². The van der Waals surface area contributed by atoms with E-state index >= 15 is 0 Å². The Hall–Kier alpha value is -2.34. The van der Waals surface area contributed by atoms with Crippen molar-refractivity contribution in [3.63, 3.8) is 0 Å². The van der Waals surface area contributed by atoms with Gasteiger partial charge in [0.1, 0.15) is 12.1 Å². The molecule has 0 bridgehead atoms. The Morgan fingerprint density at radius 2 is 1.64 bits per heavy atom. The fourth-order valence-electron chi connectivity index (χ4n) is 3.95. The smallest absolute Gasteiger partial charge is 0.233 e. The van der Waals surface area contributed by atoms with Crippen molar-refractivity contribution in [1.29, 1.82) is 0 Å². The molecule has 2 aromatic rings. The predicted molar refractivity (Wildman–Crippen MR) is 92.3 cm³/mol. The van der Waals surface area contributed by atoms with Crippen LogP contribution in [0, 0.1) is 11.2 Å². The second kappa shape index (κ2) is 6.52. The first-order chi connectivity index (χ1) is 12.2. The van der Waals surface area contributed by atoms with Gasteiger partial charge in [-0.05, 0) is 50.0 Å². The first kappa shape index (κ1) is 16.1. The summed E-state index contributed by atoms with van der Waals surface area (Å²) in [5, 5.41) is 0. The molecule has 0 unspecified atom stereocenters. The van der Waals surface area contributed by atoms with Crippen molar-refractivity contribution in [3.05, 3.63) is 54.4 Å². The number of nitrogens with zero attached hydrogens (tertiary/aromatic N) is 4. The number of rotatable bonds is 3. The van der Waals surface area contributed by atoms with E-state index in [1.54, 1.807) is 12.4 Å². The van der Waals surface area contributed by atoms with Crippen molar-refractivity contribution in [2.24, 2.45) is 5.41 Å². The molecule has 25 heavy (non-hydrogen) atoms. The molecule has 6 heteroatoms. The van der Waals surface area contributed by atoms with Crippen LogP contribution in [0.2, 0.25) is 0 Å². The molecule has 2 saturated heterocycles. The number of hydrogen-bond acceptors (Lipinski definition) is 4. The number of aromatic nitrogens is 2. The molecule has 0 saturated carbocycles.